The Kier molecular flexibility index (Phi) is 4.63. The van der Waals surface area contributed by atoms with Crippen LogP contribution in [0.1, 0.15) is 23.6 Å². The van der Waals surface area contributed by atoms with Gasteiger partial charge in [0.2, 0.25) is 0 Å². The van der Waals surface area contributed by atoms with E-state index in [1.54, 1.807) is 4.90 Å². The minimum absolute atomic E-state index is 0.244. The predicted molar refractivity (Wildman–Crippen MR) is 90.9 cm³/mol. The maximum Gasteiger partial charge on any atom is 0.410 e. The highest BCUT2D eigenvalue weighted by Gasteiger charge is 2.25. The highest BCUT2D eigenvalue weighted by Crippen LogP contribution is 2.32. The zero-order valence-electron chi connectivity index (χ0n) is 13.4. The van der Waals surface area contributed by atoms with Gasteiger partial charge in [-0.25, -0.2) is 4.79 Å². The number of rotatable bonds is 3. The summed E-state index contributed by atoms with van der Waals surface area (Å²) in [7, 11) is 0. The molecule has 4 heteroatoms. The van der Waals surface area contributed by atoms with Gasteiger partial charge >= 0.3 is 6.09 Å². The summed E-state index contributed by atoms with van der Waals surface area (Å²) in [6.07, 6.45) is 0.581. The second-order valence-corrected chi connectivity index (χ2v) is 5.67. The normalized spacial score (nSPS) is 13.6. The number of amides is 1. The van der Waals surface area contributed by atoms with Crippen LogP contribution in [0, 0.1) is 0 Å². The monoisotopic (exact) mass is 310 g/mol. The van der Waals surface area contributed by atoms with Crippen molar-refractivity contribution in [2.75, 3.05) is 13.2 Å². The Morgan fingerprint density at radius 3 is 2.65 bits per heavy atom. The molecule has 0 fully saturated rings. The number of fused-ring (bicyclic) bond motifs is 1. The lowest BCUT2D eigenvalue weighted by molar-refractivity contribution is 0.102. The smallest absolute Gasteiger partial charge is 0.410 e. The lowest BCUT2D eigenvalue weighted by Gasteiger charge is -2.31. The molecule has 0 unspecified atom stereocenters. The molecule has 3 rings (SSSR count). The van der Waals surface area contributed by atoms with Gasteiger partial charge in [-0.15, -0.1) is 0 Å². The molecule has 1 aliphatic rings. The standard InChI is InChI=1S/C19H22N2O2/c1-2-23-19(22)21-11-10-17-16(14-6-4-3-5-7-14)9-8-15(12-20)18(17)13-21/h3-9H,2,10-13,20H2,1H3. The van der Waals surface area contributed by atoms with E-state index in [0.29, 0.717) is 26.2 Å². The summed E-state index contributed by atoms with van der Waals surface area (Å²) in [5.74, 6) is 0. The van der Waals surface area contributed by atoms with Crippen LogP contribution in [0.5, 0.6) is 0 Å². The summed E-state index contributed by atoms with van der Waals surface area (Å²) in [6, 6.07) is 14.6. The Bertz CT molecular complexity index is 698. The van der Waals surface area contributed by atoms with E-state index >= 15 is 0 Å². The first-order chi connectivity index (χ1) is 11.2. The molecule has 0 spiro atoms. The molecule has 2 N–H and O–H groups in total. The summed E-state index contributed by atoms with van der Waals surface area (Å²) in [5, 5.41) is 0. The van der Waals surface area contributed by atoms with Crippen LogP contribution in [0.15, 0.2) is 42.5 Å². The highest BCUT2D eigenvalue weighted by molar-refractivity contribution is 5.72. The third-order valence-electron chi connectivity index (χ3n) is 4.34. The Hall–Kier alpha value is -2.33. The third kappa shape index (κ3) is 3.08. The van der Waals surface area contributed by atoms with Crippen LogP contribution < -0.4 is 5.73 Å². The fourth-order valence-corrected chi connectivity index (χ4v) is 3.19. The number of carbonyl (C=O) groups is 1. The number of hydrogen-bond donors (Lipinski definition) is 1. The second kappa shape index (κ2) is 6.84. The molecule has 0 aromatic heterocycles. The van der Waals surface area contributed by atoms with Gasteiger partial charge in [0.1, 0.15) is 0 Å². The lowest BCUT2D eigenvalue weighted by Crippen LogP contribution is -2.37. The summed E-state index contributed by atoms with van der Waals surface area (Å²) in [5.41, 5.74) is 11.9. The fourth-order valence-electron chi connectivity index (χ4n) is 3.19. The SMILES string of the molecule is CCOC(=O)N1CCc2c(-c3ccccc3)ccc(CN)c2C1. The van der Waals surface area contributed by atoms with Gasteiger partial charge in [-0.3, -0.25) is 0 Å². The van der Waals surface area contributed by atoms with Crippen molar-refractivity contribution in [3.05, 3.63) is 59.2 Å². The number of carbonyl (C=O) groups excluding carboxylic acids is 1. The molecule has 1 amide bonds. The number of benzene rings is 2. The lowest BCUT2D eigenvalue weighted by atomic mass is 9.87. The van der Waals surface area contributed by atoms with Crippen LogP contribution >= 0.6 is 0 Å². The predicted octanol–water partition coefficient (Wildman–Crippen LogP) is 3.33. The second-order valence-electron chi connectivity index (χ2n) is 5.67. The quantitative estimate of drug-likeness (QED) is 0.946. The summed E-state index contributed by atoms with van der Waals surface area (Å²) in [4.78, 5) is 13.8. The van der Waals surface area contributed by atoms with Crippen molar-refractivity contribution in [1.29, 1.82) is 0 Å². The molecule has 0 saturated carbocycles. The molecule has 0 bridgehead atoms. The molecule has 0 aliphatic carbocycles. The molecule has 120 valence electrons. The number of ether oxygens (including phenoxy) is 1. The maximum absolute atomic E-state index is 12.0. The Balaban J connectivity index is 2.00. The first kappa shape index (κ1) is 15.6. The first-order valence-electron chi connectivity index (χ1n) is 8.05. The molecule has 0 radical (unpaired) electrons. The molecule has 2 aromatic rings. The van der Waals surface area contributed by atoms with Crippen molar-refractivity contribution in [2.45, 2.75) is 26.4 Å². The molecule has 4 nitrogen and oxygen atoms in total. The van der Waals surface area contributed by atoms with Crippen LogP contribution in [-0.2, 0) is 24.2 Å². The van der Waals surface area contributed by atoms with E-state index in [9.17, 15) is 4.79 Å². The zero-order valence-corrected chi connectivity index (χ0v) is 13.4. The van der Waals surface area contributed by atoms with Gasteiger partial charge in [0.05, 0.1) is 6.61 Å². The number of nitrogens with two attached hydrogens (primary N) is 1. The number of nitrogens with zero attached hydrogens (tertiary/aromatic N) is 1. The topological polar surface area (TPSA) is 55.6 Å². The van der Waals surface area contributed by atoms with Crippen molar-refractivity contribution in [1.82, 2.24) is 4.90 Å². The van der Waals surface area contributed by atoms with E-state index in [4.69, 9.17) is 10.5 Å². The number of hydrogen-bond acceptors (Lipinski definition) is 3. The average Bonchev–Trinajstić information content (AvgIpc) is 2.61. The van der Waals surface area contributed by atoms with Crippen molar-refractivity contribution in [3.63, 3.8) is 0 Å². The molecular weight excluding hydrogens is 288 g/mol. The fraction of sp³-hybridized carbons (Fsp3) is 0.316. The van der Waals surface area contributed by atoms with E-state index in [1.807, 2.05) is 25.1 Å². The van der Waals surface area contributed by atoms with E-state index in [1.165, 1.54) is 22.3 Å². The van der Waals surface area contributed by atoms with Gasteiger partial charge in [-0.2, -0.15) is 0 Å². The van der Waals surface area contributed by atoms with E-state index in [2.05, 4.69) is 24.3 Å². The van der Waals surface area contributed by atoms with Crippen molar-refractivity contribution < 1.29 is 9.53 Å². The van der Waals surface area contributed by atoms with Crippen molar-refractivity contribution >= 4 is 6.09 Å². The molecule has 2 aromatic carbocycles. The van der Waals surface area contributed by atoms with Crippen molar-refractivity contribution in [3.8, 4) is 11.1 Å². The van der Waals surface area contributed by atoms with Crippen LogP contribution in [0.4, 0.5) is 4.79 Å². The van der Waals surface area contributed by atoms with E-state index in [0.717, 1.165) is 12.0 Å². The van der Waals surface area contributed by atoms with Gasteiger partial charge in [-0.05, 0) is 41.2 Å². The van der Waals surface area contributed by atoms with Gasteiger partial charge in [0.15, 0.2) is 0 Å². The molecule has 1 aliphatic heterocycles. The largest absolute Gasteiger partial charge is 0.450 e. The average molecular weight is 310 g/mol. The highest BCUT2D eigenvalue weighted by atomic mass is 16.6. The summed E-state index contributed by atoms with van der Waals surface area (Å²) in [6.45, 7) is 3.96. The minimum atomic E-state index is -0.244. The van der Waals surface area contributed by atoms with Crippen LogP contribution in [0.25, 0.3) is 11.1 Å². The van der Waals surface area contributed by atoms with E-state index in [-0.39, 0.29) is 6.09 Å². The minimum Gasteiger partial charge on any atom is -0.450 e. The third-order valence-corrected chi connectivity index (χ3v) is 4.34. The molecule has 0 atom stereocenters. The summed E-state index contributed by atoms with van der Waals surface area (Å²) >= 11 is 0. The van der Waals surface area contributed by atoms with Crippen LogP contribution in [0.2, 0.25) is 0 Å². The Morgan fingerprint density at radius 2 is 1.96 bits per heavy atom. The Morgan fingerprint density at radius 1 is 1.17 bits per heavy atom. The molecule has 23 heavy (non-hydrogen) atoms. The van der Waals surface area contributed by atoms with Gasteiger partial charge in [0, 0.05) is 19.6 Å². The van der Waals surface area contributed by atoms with Crippen molar-refractivity contribution in [2.24, 2.45) is 5.73 Å². The van der Waals surface area contributed by atoms with Gasteiger partial charge in [-0.1, -0.05) is 42.5 Å². The molecular formula is C19H22N2O2. The zero-order chi connectivity index (χ0) is 16.2. The van der Waals surface area contributed by atoms with E-state index < -0.39 is 0 Å². The molecule has 1 heterocycles. The van der Waals surface area contributed by atoms with Gasteiger partial charge in [0.25, 0.3) is 0 Å². The van der Waals surface area contributed by atoms with Crippen LogP contribution in [-0.4, -0.2) is 24.1 Å². The maximum atomic E-state index is 12.0. The Labute approximate surface area is 136 Å². The molecule has 0 saturated heterocycles. The van der Waals surface area contributed by atoms with Crippen LogP contribution in [0.3, 0.4) is 0 Å². The first-order valence-corrected chi connectivity index (χ1v) is 8.05. The summed E-state index contributed by atoms with van der Waals surface area (Å²) < 4.78 is 5.14. The van der Waals surface area contributed by atoms with Gasteiger partial charge < -0.3 is 15.4 Å².